The summed E-state index contributed by atoms with van der Waals surface area (Å²) >= 11 is 0. The number of hydrogen-bond donors (Lipinski definition) is 3. The lowest BCUT2D eigenvalue weighted by atomic mass is 9.95. The van der Waals surface area contributed by atoms with E-state index in [0.717, 1.165) is 12.1 Å². The number of rotatable bonds is 8. The first kappa shape index (κ1) is 23.6. The van der Waals surface area contributed by atoms with Crippen molar-refractivity contribution in [3.63, 3.8) is 0 Å². The van der Waals surface area contributed by atoms with Gasteiger partial charge in [-0.15, -0.1) is 13.2 Å². The molecular formula is C24H26F4N4O6. The number of anilines is 1. The molecule has 3 aliphatic rings. The fourth-order valence-corrected chi connectivity index (χ4v) is 4.30. The number of likely N-dealkylation sites (tertiary alicyclic amines) is 1. The first-order chi connectivity index (χ1) is 19.0. The van der Waals surface area contributed by atoms with E-state index in [0.29, 0.717) is 0 Å². The van der Waals surface area contributed by atoms with Gasteiger partial charge in [0.25, 0.3) is 0 Å². The number of nitrogens with one attached hydrogen (secondary N) is 3. The molecule has 3 N–H and O–H groups in total. The second-order valence-corrected chi connectivity index (χ2v) is 9.33. The number of benzene rings is 1. The minimum atomic E-state index is -5.18. The van der Waals surface area contributed by atoms with Crippen molar-refractivity contribution < 1.29 is 50.4 Å². The van der Waals surface area contributed by atoms with Crippen molar-refractivity contribution in [3.8, 4) is 0 Å². The SMILES string of the molecule is [2H]C1([2H])N(C(=O)C(=O)Nc2ccccc2F)[C@]([2H])(C(=O)N[C@@H](C[C@@H]2CCNC2=O)C(=O)COC(F)(F)F)CC12CC2. The Kier molecular flexibility index (Phi) is 6.62. The van der Waals surface area contributed by atoms with Crippen LogP contribution in [0.1, 0.15) is 36.2 Å². The van der Waals surface area contributed by atoms with E-state index < -0.39 is 96.6 Å². The molecule has 1 aromatic carbocycles. The molecule has 0 unspecified atom stereocenters. The fourth-order valence-electron chi connectivity index (χ4n) is 4.30. The van der Waals surface area contributed by atoms with Crippen LogP contribution in [-0.2, 0) is 28.7 Å². The molecule has 2 heterocycles. The van der Waals surface area contributed by atoms with Crippen LogP contribution in [0.15, 0.2) is 24.3 Å². The van der Waals surface area contributed by atoms with Gasteiger partial charge in [0.05, 0.1) is 15.8 Å². The Morgan fingerprint density at radius 1 is 1.26 bits per heavy atom. The number of ketones is 1. The Labute approximate surface area is 218 Å². The Morgan fingerprint density at radius 2 is 1.97 bits per heavy atom. The Balaban J connectivity index is 1.60. The highest BCUT2D eigenvalue weighted by molar-refractivity contribution is 6.40. The van der Waals surface area contributed by atoms with Gasteiger partial charge < -0.3 is 20.9 Å². The molecule has 3 atom stereocenters. The molecule has 2 saturated heterocycles. The zero-order chi connectivity index (χ0) is 30.4. The van der Waals surface area contributed by atoms with Crippen LogP contribution >= 0.6 is 0 Å². The maximum atomic E-state index is 14.1. The van der Waals surface area contributed by atoms with E-state index in [1.165, 1.54) is 12.1 Å². The van der Waals surface area contributed by atoms with Gasteiger partial charge in [0.2, 0.25) is 11.8 Å². The van der Waals surface area contributed by atoms with Crippen LogP contribution in [0.4, 0.5) is 23.2 Å². The Hall–Kier alpha value is -3.55. The summed E-state index contributed by atoms with van der Waals surface area (Å²) < 4.78 is 81.4. The second kappa shape index (κ2) is 10.7. The van der Waals surface area contributed by atoms with Gasteiger partial charge in [-0.1, -0.05) is 12.1 Å². The number of para-hydroxylation sites is 1. The highest BCUT2D eigenvalue weighted by Gasteiger charge is 2.56. The van der Waals surface area contributed by atoms with Gasteiger partial charge in [0, 0.05) is 19.0 Å². The van der Waals surface area contributed by atoms with Crippen LogP contribution in [0.25, 0.3) is 0 Å². The molecule has 1 aromatic rings. The van der Waals surface area contributed by atoms with E-state index >= 15 is 0 Å². The van der Waals surface area contributed by atoms with Gasteiger partial charge in [-0.05, 0) is 49.7 Å². The van der Waals surface area contributed by atoms with Crippen molar-refractivity contribution >= 4 is 35.1 Å². The highest BCUT2D eigenvalue weighted by atomic mass is 19.4. The summed E-state index contributed by atoms with van der Waals surface area (Å²) in [7, 11) is 0. The number of Topliss-reactive ketones (excluding diaryl/α,β-unsaturated/α-hetero) is 1. The van der Waals surface area contributed by atoms with E-state index in [4.69, 9.17) is 4.11 Å². The van der Waals surface area contributed by atoms with Crippen LogP contribution in [0.3, 0.4) is 0 Å². The number of carbonyl (C=O) groups is 5. The molecule has 1 aliphatic carbocycles. The average Bonchev–Trinajstić information content (AvgIpc) is 3.52. The average molecular weight is 546 g/mol. The van der Waals surface area contributed by atoms with E-state index in [-0.39, 0.29) is 30.7 Å². The first-order valence-corrected chi connectivity index (χ1v) is 11.7. The Bertz CT molecular complexity index is 1280. The molecule has 4 amide bonds. The maximum absolute atomic E-state index is 14.1. The molecule has 10 nitrogen and oxygen atoms in total. The molecule has 38 heavy (non-hydrogen) atoms. The number of ether oxygens (including phenoxy) is 1. The molecule has 0 bridgehead atoms. The standard InChI is InChI=1S/C24H26F4N4O6/c25-14-3-1-2-4-15(14)30-21(36)22(37)32-12-23(6-7-23)10-17(32)20(35)31-16(9-13-5-8-29-19(13)34)18(33)11-38-24(26,27)28/h1-4,13,16-17H,5-12H2,(H,29,34)(H,30,36)(H,31,35)/t13-,16-,17-/m0/s1/i12D2,17D. The zero-order valence-corrected chi connectivity index (χ0v) is 19.8. The fraction of sp³-hybridized carbons (Fsp3) is 0.542. The molecule has 206 valence electrons. The molecule has 1 saturated carbocycles. The molecule has 0 radical (unpaired) electrons. The molecule has 3 fully saturated rings. The number of hydrogen-bond acceptors (Lipinski definition) is 6. The third-order valence-corrected chi connectivity index (χ3v) is 6.51. The van der Waals surface area contributed by atoms with Gasteiger partial charge in [-0.3, -0.25) is 28.7 Å². The van der Waals surface area contributed by atoms with E-state index in [1.54, 1.807) is 0 Å². The lowest BCUT2D eigenvalue weighted by Crippen LogP contribution is -2.53. The van der Waals surface area contributed by atoms with Crippen LogP contribution in [0, 0.1) is 17.2 Å². The smallest absolute Gasteiger partial charge is 0.356 e. The van der Waals surface area contributed by atoms with Crippen molar-refractivity contribution in [2.45, 2.75) is 50.5 Å². The molecule has 2 aliphatic heterocycles. The molecule has 14 heteroatoms. The number of alkyl halides is 3. The normalized spacial score (nSPS) is 27.1. The van der Waals surface area contributed by atoms with Crippen molar-refractivity contribution in [1.29, 1.82) is 0 Å². The predicted molar refractivity (Wildman–Crippen MR) is 121 cm³/mol. The van der Waals surface area contributed by atoms with Gasteiger partial charge in [-0.2, -0.15) is 0 Å². The third-order valence-electron chi connectivity index (χ3n) is 6.51. The lowest BCUT2D eigenvalue weighted by Gasteiger charge is -2.26. The lowest BCUT2D eigenvalue weighted by molar-refractivity contribution is -0.321. The summed E-state index contributed by atoms with van der Waals surface area (Å²) in [5, 5.41) is 6.59. The van der Waals surface area contributed by atoms with Crippen molar-refractivity contribution in [2.75, 3.05) is 25.0 Å². The highest BCUT2D eigenvalue weighted by Crippen LogP contribution is 2.54. The quantitative estimate of drug-likeness (QED) is 0.333. The third kappa shape index (κ3) is 6.47. The minimum Gasteiger partial charge on any atom is -0.356 e. The summed E-state index contributed by atoms with van der Waals surface area (Å²) in [5.41, 5.74) is -1.80. The van der Waals surface area contributed by atoms with Crippen LogP contribution in [0.5, 0.6) is 0 Å². The number of amides is 4. The van der Waals surface area contributed by atoms with Gasteiger partial charge in [0.15, 0.2) is 5.78 Å². The van der Waals surface area contributed by atoms with Crippen molar-refractivity contribution in [3.05, 3.63) is 30.1 Å². The number of halogens is 4. The summed E-state index contributed by atoms with van der Waals surface area (Å²) in [4.78, 5) is 64.4. The van der Waals surface area contributed by atoms with E-state index in [9.17, 15) is 41.5 Å². The van der Waals surface area contributed by atoms with Gasteiger partial charge in [-0.25, -0.2) is 4.39 Å². The summed E-state index contributed by atoms with van der Waals surface area (Å²) in [6.07, 6.45) is -5.72. The summed E-state index contributed by atoms with van der Waals surface area (Å²) in [6.45, 7) is -4.01. The molecule has 0 aromatic heterocycles. The minimum absolute atomic E-state index is 0.120. The number of carbonyl (C=O) groups excluding carboxylic acids is 5. The van der Waals surface area contributed by atoms with Crippen LogP contribution < -0.4 is 16.0 Å². The second-order valence-electron chi connectivity index (χ2n) is 9.33. The first-order valence-electron chi connectivity index (χ1n) is 13.2. The maximum Gasteiger partial charge on any atom is 0.522 e. The molecular weight excluding hydrogens is 516 g/mol. The van der Waals surface area contributed by atoms with Crippen molar-refractivity contribution in [2.24, 2.45) is 11.3 Å². The molecule has 1 spiro atoms. The van der Waals surface area contributed by atoms with Crippen molar-refractivity contribution in [1.82, 2.24) is 15.5 Å². The topological polar surface area (TPSA) is 134 Å². The van der Waals surface area contributed by atoms with Crippen LogP contribution in [-0.4, -0.2) is 72.4 Å². The summed E-state index contributed by atoms with van der Waals surface area (Å²) in [6, 6.07) is 0.178. The Morgan fingerprint density at radius 3 is 2.58 bits per heavy atom. The predicted octanol–water partition coefficient (Wildman–Crippen LogP) is 1.26. The zero-order valence-electron chi connectivity index (χ0n) is 22.8. The number of nitrogens with zero attached hydrogens (tertiary/aromatic N) is 1. The largest absolute Gasteiger partial charge is 0.522 e. The summed E-state index contributed by atoms with van der Waals surface area (Å²) in [5.74, 6) is -8.24. The monoisotopic (exact) mass is 545 g/mol. The van der Waals surface area contributed by atoms with Gasteiger partial charge in [0.1, 0.15) is 18.4 Å². The van der Waals surface area contributed by atoms with E-state index in [1.807, 2.05) is 5.32 Å². The van der Waals surface area contributed by atoms with Gasteiger partial charge >= 0.3 is 18.2 Å². The van der Waals surface area contributed by atoms with E-state index in [2.05, 4.69) is 15.4 Å². The molecule has 4 rings (SSSR count). The van der Waals surface area contributed by atoms with Crippen LogP contribution in [0.2, 0.25) is 0 Å².